The van der Waals surface area contributed by atoms with Gasteiger partial charge in [-0.1, -0.05) is 12.1 Å². The molecule has 2 heterocycles. The highest BCUT2D eigenvalue weighted by Gasteiger charge is 2.31. The number of esters is 1. The van der Waals surface area contributed by atoms with Crippen molar-refractivity contribution in [2.24, 2.45) is 10.9 Å². The van der Waals surface area contributed by atoms with E-state index in [0.717, 1.165) is 5.56 Å². The van der Waals surface area contributed by atoms with Crippen molar-refractivity contribution in [2.75, 3.05) is 19.7 Å². The summed E-state index contributed by atoms with van der Waals surface area (Å²) in [6.07, 6.45) is 3.14. The molecular formula is C18H20N2O4S. The lowest BCUT2D eigenvalue weighted by atomic mass is 9.97. The number of likely N-dealkylation sites (tertiary alicyclic amines) is 1. The maximum absolute atomic E-state index is 12.1. The molecule has 2 aliphatic heterocycles. The molecule has 1 fully saturated rings. The zero-order chi connectivity index (χ0) is 17.8. The smallest absolute Gasteiger partial charge is 0.309 e. The summed E-state index contributed by atoms with van der Waals surface area (Å²) in [5.41, 5.74) is 0.758. The predicted molar refractivity (Wildman–Crippen MR) is 97.0 cm³/mol. The maximum atomic E-state index is 12.1. The highest BCUT2D eigenvalue weighted by atomic mass is 32.2. The Labute approximate surface area is 150 Å². The molecule has 6 nitrogen and oxygen atoms in total. The molecule has 1 saturated heterocycles. The Morgan fingerprint density at radius 1 is 1.44 bits per heavy atom. The van der Waals surface area contributed by atoms with Gasteiger partial charge in [0.25, 0.3) is 5.91 Å². The fourth-order valence-corrected chi connectivity index (χ4v) is 3.83. The molecule has 0 saturated carbocycles. The number of aliphatic imine (C=N–C) groups is 1. The fourth-order valence-electron chi connectivity index (χ4n) is 2.87. The van der Waals surface area contributed by atoms with Crippen molar-refractivity contribution < 1.29 is 19.4 Å². The van der Waals surface area contributed by atoms with E-state index >= 15 is 0 Å². The Morgan fingerprint density at radius 3 is 2.88 bits per heavy atom. The quantitative estimate of drug-likeness (QED) is 0.659. The lowest BCUT2D eigenvalue weighted by Gasteiger charge is -2.31. The predicted octanol–water partition coefficient (Wildman–Crippen LogP) is 2.64. The van der Waals surface area contributed by atoms with Gasteiger partial charge in [0, 0.05) is 13.1 Å². The molecule has 1 aromatic rings. The van der Waals surface area contributed by atoms with Crippen molar-refractivity contribution in [3.05, 3.63) is 34.7 Å². The van der Waals surface area contributed by atoms with Crippen LogP contribution in [0, 0.1) is 5.92 Å². The molecule has 7 heteroatoms. The molecule has 1 aromatic carbocycles. The number of ether oxygens (including phenoxy) is 1. The summed E-state index contributed by atoms with van der Waals surface area (Å²) in [6, 6.07) is 6.74. The summed E-state index contributed by atoms with van der Waals surface area (Å²) in [5.74, 6) is -0.312. The summed E-state index contributed by atoms with van der Waals surface area (Å²) >= 11 is 1.34. The minimum atomic E-state index is -0.268. The first-order chi connectivity index (χ1) is 12.1. The zero-order valence-corrected chi connectivity index (χ0v) is 14.8. The number of rotatable bonds is 3. The highest BCUT2D eigenvalue weighted by Crippen LogP contribution is 2.32. The van der Waals surface area contributed by atoms with E-state index < -0.39 is 0 Å². The maximum Gasteiger partial charge on any atom is 0.309 e. The third-order valence-electron chi connectivity index (χ3n) is 4.16. The second-order valence-corrected chi connectivity index (χ2v) is 6.93. The van der Waals surface area contributed by atoms with Gasteiger partial charge in [-0.05, 0) is 55.3 Å². The third kappa shape index (κ3) is 4.22. The number of thioether (sulfide) groups is 1. The SMILES string of the molecule is CCOC(=O)C1CCN(C2=NC(=O)/C(=C/c3cccc(O)c3)S2)CC1. The van der Waals surface area contributed by atoms with Gasteiger partial charge >= 0.3 is 5.97 Å². The molecule has 2 aliphatic rings. The summed E-state index contributed by atoms with van der Waals surface area (Å²) < 4.78 is 5.08. The minimum Gasteiger partial charge on any atom is -0.508 e. The Bertz CT molecular complexity index is 736. The molecule has 0 bridgehead atoms. The van der Waals surface area contributed by atoms with Crippen LogP contribution in [0.4, 0.5) is 0 Å². The van der Waals surface area contributed by atoms with Crippen LogP contribution in [0.15, 0.2) is 34.2 Å². The van der Waals surface area contributed by atoms with Crippen molar-refractivity contribution in [3.8, 4) is 5.75 Å². The number of amidine groups is 1. The van der Waals surface area contributed by atoms with Crippen LogP contribution in [-0.4, -0.2) is 46.7 Å². The van der Waals surface area contributed by atoms with Crippen LogP contribution < -0.4 is 0 Å². The van der Waals surface area contributed by atoms with Crippen LogP contribution in [0.5, 0.6) is 5.75 Å². The summed E-state index contributed by atoms with van der Waals surface area (Å²) in [6.45, 7) is 3.58. The van der Waals surface area contributed by atoms with E-state index in [1.165, 1.54) is 11.8 Å². The molecule has 25 heavy (non-hydrogen) atoms. The van der Waals surface area contributed by atoms with E-state index in [1.807, 2.05) is 17.9 Å². The summed E-state index contributed by atoms with van der Waals surface area (Å²) in [7, 11) is 0. The minimum absolute atomic E-state index is 0.0683. The van der Waals surface area contributed by atoms with E-state index in [1.54, 1.807) is 24.3 Å². The molecule has 1 N–H and O–H groups in total. The van der Waals surface area contributed by atoms with E-state index in [4.69, 9.17) is 4.74 Å². The van der Waals surface area contributed by atoms with Gasteiger partial charge in [-0.2, -0.15) is 4.99 Å². The molecule has 3 rings (SSSR count). The van der Waals surface area contributed by atoms with Gasteiger partial charge in [-0.3, -0.25) is 9.59 Å². The number of carbonyl (C=O) groups is 2. The first-order valence-corrected chi connectivity index (χ1v) is 9.11. The van der Waals surface area contributed by atoms with Crippen LogP contribution >= 0.6 is 11.8 Å². The number of hydrogen-bond donors (Lipinski definition) is 1. The molecule has 0 unspecified atom stereocenters. The van der Waals surface area contributed by atoms with Crippen molar-refractivity contribution >= 4 is 34.9 Å². The van der Waals surface area contributed by atoms with Gasteiger partial charge in [0.1, 0.15) is 5.75 Å². The molecule has 0 spiro atoms. The van der Waals surface area contributed by atoms with E-state index in [0.29, 0.717) is 42.6 Å². The van der Waals surface area contributed by atoms with Crippen LogP contribution in [0.1, 0.15) is 25.3 Å². The van der Waals surface area contributed by atoms with Gasteiger partial charge in [0.2, 0.25) is 0 Å². The number of phenols is 1. The van der Waals surface area contributed by atoms with Crippen LogP contribution in [0.2, 0.25) is 0 Å². The average Bonchev–Trinajstić information content (AvgIpc) is 2.96. The number of benzene rings is 1. The second-order valence-electron chi connectivity index (χ2n) is 5.92. The Kier molecular flexibility index (Phi) is 5.43. The Morgan fingerprint density at radius 2 is 2.20 bits per heavy atom. The van der Waals surface area contributed by atoms with E-state index in [-0.39, 0.29) is 23.5 Å². The monoisotopic (exact) mass is 360 g/mol. The second kappa shape index (κ2) is 7.74. The number of amides is 1. The van der Waals surface area contributed by atoms with Crippen molar-refractivity contribution in [2.45, 2.75) is 19.8 Å². The van der Waals surface area contributed by atoms with Gasteiger partial charge in [-0.25, -0.2) is 0 Å². The lowest BCUT2D eigenvalue weighted by molar-refractivity contribution is -0.149. The van der Waals surface area contributed by atoms with E-state index in [9.17, 15) is 14.7 Å². The molecule has 132 valence electrons. The van der Waals surface area contributed by atoms with Crippen molar-refractivity contribution in [1.29, 1.82) is 0 Å². The fraction of sp³-hybridized carbons (Fsp3) is 0.389. The topological polar surface area (TPSA) is 79.2 Å². The number of piperidine rings is 1. The largest absolute Gasteiger partial charge is 0.508 e. The normalized spacial score (nSPS) is 20.0. The first-order valence-electron chi connectivity index (χ1n) is 8.30. The molecule has 0 aromatic heterocycles. The Hall–Kier alpha value is -2.28. The van der Waals surface area contributed by atoms with Gasteiger partial charge < -0.3 is 14.7 Å². The standard InChI is InChI=1S/C18H20N2O4S/c1-2-24-17(23)13-6-8-20(9-7-13)18-19-16(22)15(25-18)11-12-4-3-5-14(21)10-12/h3-5,10-11,13,21H,2,6-9H2,1H3/b15-11-. The van der Waals surface area contributed by atoms with Crippen molar-refractivity contribution in [1.82, 2.24) is 4.90 Å². The van der Waals surface area contributed by atoms with Gasteiger partial charge in [-0.15, -0.1) is 0 Å². The molecule has 0 atom stereocenters. The number of nitrogens with zero attached hydrogens (tertiary/aromatic N) is 2. The summed E-state index contributed by atoms with van der Waals surface area (Å²) in [5, 5.41) is 10.2. The molecule has 0 radical (unpaired) electrons. The highest BCUT2D eigenvalue weighted by molar-refractivity contribution is 8.18. The zero-order valence-electron chi connectivity index (χ0n) is 14.0. The molecule has 1 amide bonds. The van der Waals surface area contributed by atoms with E-state index in [2.05, 4.69) is 4.99 Å². The average molecular weight is 360 g/mol. The van der Waals surface area contributed by atoms with Crippen LogP contribution in [0.25, 0.3) is 6.08 Å². The van der Waals surface area contributed by atoms with Gasteiger partial charge in [0.05, 0.1) is 17.4 Å². The van der Waals surface area contributed by atoms with Crippen molar-refractivity contribution in [3.63, 3.8) is 0 Å². The number of carbonyl (C=O) groups excluding carboxylic acids is 2. The number of aromatic hydroxyl groups is 1. The lowest BCUT2D eigenvalue weighted by Crippen LogP contribution is -2.39. The van der Waals surface area contributed by atoms with Crippen LogP contribution in [-0.2, 0) is 14.3 Å². The molecular weight excluding hydrogens is 340 g/mol. The Balaban J connectivity index is 1.61. The molecule has 0 aliphatic carbocycles. The summed E-state index contributed by atoms with van der Waals surface area (Å²) in [4.78, 5) is 30.7. The van der Waals surface area contributed by atoms with Gasteiger partial charge in [0.15, 0.2) is 5.17 Å². The number of phenolic OH excluding ortho intramolecular Hbond substituents is 1. The van der Waals surface area contributed by atoms with Crippen LogP contribution in [0.3, 0.4) is 0 Å². The third-order valence-corrected chi connectivity index (χ3v) is 5.21. The number of hydrogen-bond acceptors (Lipinski definition) is 6. The first kappa shape index (κ1) is 17.5.